The van der Waals surface area contributed by atoms with E-state index in [0.29, 0.717) is 28.7 Å². The Labute approximate surface area is 162 Å². The Morgan fingerprint density at radius 1 is 1.26 bits per heavy atom. The average molecular weight is 386 g/mol. The third kappa shape index (κ3) is 5.10. The minimum atomic E-state index is -0.300. The van der Waals surface area contributed by atoms with Crippen molar-refractivity contribution in [3.05, 3.63) is 46.8 Å². The molecule has 0 spiro atoms. The molecular formula is C20H22N2O4S. The molecule has 1 aliphatic carbocycles. The zero-order chi connectivity index (χ0) is 19.2. The Hall–Kier alpha value is -2.80. The van der Waals surface area contributed by atoms with Crippen LogP contribution in [0.25, 0.3) is 6.08 Å². The first-order valence-electron chi connectivity index (χ1n) is 8.79. The third-order valence-electron chi connectivity index (χ3n) is 3.97. The Morgan fingerprint density at radius 2 is 2.07 bits per heavy atom. The maximum Gasteiger partial charge on any atom is 0.254 e. The van der Waals surface area contributed by atoms with Gasteiger partial charge >= 0.3 is 0 Å². The highest BCUT2D eigenvalue weighted by Gasteiger charge is 2.25. The molecule has 1 aromatic carbocycles. The van der Waals surface area contributed by atoms with Crippen molar-refractivity contribution in [2.24, 2.45) is 0 Å². The van der Waals surface area contributed by atoms with Gasteiger partial charge < -0.3 is 20.1 Å². The summed E-state index contributed by atoms with van der Waals surface area (Å²) in [7, 11) is 1.57. The van der Waals surface area contributed by atoms with Gasteiger partial charge in [-0.25, -0.2) is 0 Å². The number of rotatable bonds is 8. The Bertz CT molecular complexity index is 855. The van der Waals surface area contributed by atoms with Crippen LogP contribution in [0, 0.1) is 0 Å². The zero-order valence-corrected chi connectivity index (χ0v) is 16.1. The predicted octanol–water partition coefficient (Wildman–Crippen LogP) is 3.70. The number of benzene rings is 1. The summed E-state index contributed by atoms with van der Waals surface area (Å²) in [6, 6.07) is 7.44. The van der Waals surface area contributed by atoms with E-state index in [1.165, 1.54) is 17.4 Å². The fraction of sp³-hybridized carbons (Fsp3) is 0.300. The van der Waals surface area contributed by atoms with Crippen LogP contribution in [0.5, 0.6) is 11.5 Å². The number of amides is 2. The molecule has 2 amide bonds. The summed E-state index contributed by atoms with van der Waals surface area (Å²) >= 11 is 1.33. The van der Waals surface area contributed by atoms with Crippen molar-refractivity contribution in [1.82, 2.24) is 5.32 Å². The Morgan fingerprint density at radius 3 is 2.78 bits per heavy atom. The van der Waals surface area contributed by atoms with Gasteiger partial charge in [-0.3, -0.25) is 9.59 Å². The van der Waals surface area contributed by atoms with Crippen molar-refractivity contribution in [2.45, 2.75) is 25.8 Å². The molecule has 0 bridgehead atoms. The molecule has 1 fully saturated rings. The summed E-state index contributed by atoms with van der Waals surface area (Å²) in [5.74, 6) is 0.822. The van der Waals surface area contributed by atoms with Gasteiger partial charge in [0.2, 0.25) is 5.91 Å². The fourth-order valence-electron chi connectivity index (χ4n) is 2.46. The normalized spacial score (nSPS) is 13.4. The van der Waals surface area contributed by atoms with Crippen LogP contribution in [0.3, 0.4) is 0 Å². The lowest BCUT2D eigenvalue weighted by Gasteiger charge is -2.09. The monoisotopic (exact) mass is 386 g/mol. The number of ether oxygens (including phenoxy) is 2. The largest absolute Gasteiger partial charge is 0.493 e. The van der Waals surface area contributed by atoms with Gasteiger partial charge in [0, 0.05) is 12.1 Å². The Kier molecular flexibility index (Phi) is 6.13. The van der Waals surface area contributed by atoms with Crippen LogP contribution in [-0.2, 0) is 4.79 Å². The molecule has 27 heavy (non-hydrogen) atoms. The molecule has 0 atom stereocenters. The van der Waals surface area contributed by atoms with E-state index in [-0.39, 0.29) is 17.9 Å². The number of anilines is 1. The van der Waals surface area contributed by atoms with Crippen molar-refractivity contribution in [3.63, 3.8) is 0 Å². The lowest BCUT2D eigenvalue weighted by Crippen LogP contribution is -2.26. The molecule has 1 aliphatic rings. The lowest BCUT2D eigenvalue weighted by atomic mass is 10.2. The van der Waals surface area contributed by atoms with Gasteiger partial charge in [0.25, 0.3) is 5.91 Å². The van der Waals surface area contributed by atoms with E-state index in [0.717, 1.165) is 18.4 Å². The molecule has 2 N–H and O–H groups in total. The first kappa shape index (κ1) is 19.0. The van der Waals surface area contributed by atoms with Gasteiger partial charge in [-0.05, 0) is 55.0 Å². The van der Waals surface area contributed by atoms with Crippen molar-refractivity contribution in [1.29, 1.82) is 0 Å². The van der Waals surface area contributed by atoms with Crippen LogP contribution >= 0.6 is 11.3 Å². The number of hydrogen-bond acceptors (Lipinski definition) is 5. The molecule has 0 unspecified atom stereocenters. The second kappa shape index (κ2) is 8.73. The lowest BCUT2D eigenvalue weighted by molar-refractivity contribution is -0.111. The number of carbonyl (C=O) groups is 2. The van der Waals surface area contributed by atoms with Crippen LogP contribution in [-0.4, -0.2) is 31.6 Å². The van der Waals surface area contributed by atoms with Crippen LogP contribution in [0.1, 0.15) is 35.7 Å². The molecule has 0 radical (unpaired) electrons. The van der Waals surface area contributed by atoms with Crippen molar-refractivity contribution >= 4 is 34.2 Å². The summed E-state index contributed by atoms with van der Waals surface area (Å²) in [4.78, 5) is 24.4. The van der Waals surface area contributed by atoms with E-state index in [1.54, 1.807) is 36.8 Å². The van der Waals surface area contributed by atoms with Gasteiger partial charge in [0.15, 0.2) is 11.5 Å². The Balaban J connectivity index is 1.64. The molecule has 2 aromatic rings. The summed E-state index contributed by atoms with van der Waals surface area (Å²) < 4.78 is 10.8. The maximum absolute atomic E-state index is 12.2. The van der Waals surface area contributed by atoms with Gasteiger partial charge in [-0.1, -0.05) is 6.07 Å². The van der Waals surface area contributed by atoms with Crippen LogP contribution in [0.2, 0.25) is 0 Å². The van der Waals surface area contributed by atoms with E-state index >= 15 is 0 Å². The summed E-state index contributed by atoms with van der Waals surface area (Å²) in [6.07, 6.45) is 5.15. The fourth-order valence-corrected chi connectivity index (χ4v) is 3.25. The third-order valence-corrected chi connectivity index (χ3v) is 4.80. The highest BCUT2D eigenvalue weighted by Crippen LogP contribution is 2.29. The number of thiophene rings is 1. The number of carbonyl (C=O) groups excluding carboxylic acids is 2. The van der Waals surface area contributed by atoms with E-state index in [1.807, 2.05) is 13.0 Å². The minimum Gasteiger partial charge on any atom is -0.493 e. The summed E-state index contributed by atoms with van der Waals surface area (Å²) in [5, 5.41) is 8.04. The first-order chi connectivity index (χ1) is 13.1. The van der Waals surface area contributed by atoms with Crippen LogP contribution in [0.15, 0.2) is 35.7 Å². The standard InChI is InChI=1S/C20H22N2O4S/c1-3-26-16-8-4-13(12-17(16)25-2)5-9-18(23)22-20-15(10-11-27-20)19(24)21-14-6-7-14/h4-5,8-12,14H,3,6-7H2,1-2H3,(H,21,24)(H,22,23)/b9-5+. The van der Waals surface area contributed by atoms with E-state index < -0.39 is 0 Å². The summed E-state index contributed by atoms with van der Waals surface area (Å²) in [5.41, 5.74) is 1.31. The molecular weight excluding hydrogens is 364 g/mol. The number of nitrogens with one attached hydrogen (secondary N) is 2. The maximum atomic E-state index is 12.2. The average Bonchev–Trinajstić information content (AvgIpc) is 3.36. The van der Waals surface area contributed by atoms with Crippen molar-refractivity contribution in [2.75, 3.05) is 19.0 Å². The quantitative estimate of drug-likeness (QED) is 0.678. The SMILES string of the molecule is CCOc1ccc(/C=C/C(=O)Nc2sccc2C(=O)NC2CC2)cc1OC. The number of methoxy groups -OCH3 is 1. The molecule has 3 rings (SSSR count). The number of hydrogen-bond donors (Lipinski definition) is 2. The second-order valence-electron chi connectivity index (χ2n) is 6.08. The zero-order valence-electron chi connectivity index (χ0n) is 15.3. The molecule has 0 aliphatic heterocycles. The molecule has 7 heteroatoms. The molecule has 1 heterocycles. The first-order valence-corrected chi connectivity index (χ1v) is 9.67. The summed E-state index contributed by atoms with van der Waals surface area (Å²) in [6.45, 7) is 2.45. The second-order valence-corrected chi connectivity index (χ2v) is 6.99. The molecule has 1 saturated carbocycles. The van der Waals surface area contributed by atoms with E-state index in [2.05, 4.69) is 10.6 Å². The molecule has 0 saturated heterocycles. The van der Waals surface area contributed by atoms with Crippen molar-refractivity contribution in [3.8, 4) is 11.5 Å². The molecule has 142 valence electrons. The van der Waals surface area contributed by atoms with Gasteiger partial charge in [-0.2, -0.15) is 0 Å². The van der Waals surface area contributed by atoms with Crippen molar-refractivity contribution < 1.29 is 19.1 Å². The van der Waals surface area contributed by atoms with E-state index in [9.17, 15) is 9.59 Å². The predicted molar refractivity (Wildman–Crippen MR) is 107 cm³/mol. The topological polar surface area (TPSA) is 76.7 Å². The van der Waals surface area contributed by atoms with Crippen LogP contribution < -0.4 is 20.1 Å². The van der Waals surface area contributed by atoms with E-state index in [4.69, 9.17) is 9.47 Å². The highest BCUT2D eigenvalue weighted by atomic mass is 32.1. The minimum absolute atomic E-state index is 0.144. The van der Waals surface area contributed by atoms with Gasteiger partial charge in [0.1, 0.15) is 5.00 Å². The molecule has 6 nitrogen and oxygen atoms in total. The van der Waals surface area contributed by atoms with Gasteiger partial charge in [-0.15, -0.1) is 11.3 Å². The smallest absolute Gasteiger partial charge is 0.254 e. The molecule has 1 aromatic heterocycles. The van der Waals surface area contributed by atoms with Gasteiger partial charge in [0.05, 0.1) is 19.3 Å². The highest BCUT2D eigenvalue weighted by molar-refractivity contribution is 7.14. The van der Waals surface area contributed by atoms with Crippen LogP contribution in [0.4, 0.5) is 5.00 Å².